The van der Waals surface area contributed by atoms with Crippen molar-refractivity contribution in [1.82, 2.24) is 20.2 Å². The maximum absolute atomic E-state index is 4.40. The molecule has 0 radical (unpaired) electrons. The van der Waals surface area contributed by atoms with Crippen molar-refractivity contribution in [3.8, 4) is 0 Å². The van der Waals surface area contributed by atoms with E-state index in [1.165, 1.54) is 4.88 Å². The van der Waals surface area contributed by atoms with Gasteiger partial charge in [-0.1, -0.05) is 18.2 Å². The summed E-state index contributed by atoms with van der Waals surface area (Å²) in [4.78, 5) is 9.95. The number of hydrogen-bond acceptors (Lipinski definition) is 6. The zero-order valence-corrected chi connectivity index (χ0v) is 12.6. The van der Waals surface area contributed by atoms with Crippen LogP contribution in [-0.2, 0) is 0 Å². The second kappa shape index (κ2) is 5.19. The summed E-state index contributed by atoms with van der Waals surface area (Å²) in [6.07, 6.45) is 1.75. The molecule has 0 bridgehead atoms. The molecule has 0 saturated carbocycles. The Morgan fingerprint density at radius 2 is 2.09 bits per heavy atom. The van der Waals surface area contributed by atoms with Crippen LogP contribution in [0.4, 0.5) is 5.95 Å². The predicted molar refractivity (Wildman–Crippen MR) is 89.5 cm³/mol. The second-order valence-corrected chi connectivity index (χ2v) is 6.14. The van der Waals surface area contributed by atoms with Crippen LogP contribution in [0.3, 0.4) is 0 Å². The number of aryl methyl sites for hydroxylation is 1. The van der Waals surface area contributed by atoms with E-state index < -0.39 is 0 Å². The van der Waals surface area contributed by atoms with E-state index in [0.717, 1.165) is 21.3 Å². The molecular formula is C15H12N6S. The number of nitrogens with zero attached hydrogens (tertiary/aromatic N) is 4. The fourth-order valence-corrected chi connectivity index (χ4v) is 2.99. The molecule has 0 atom stereocenters. The van der Waals surface area contributed by atoms with Gasteiger partial charge >= 0.3 is 0 Å². The van der Waals surface area contributed by atoms with Crippen molar-refractivity contribution in [2.45, 2.75) is 6.92 Å². The summed E-state index contributed by atoms with van der Waals surface area (Å²) in [7, 11) is 0. The van der Waals surface area contributed by atoms with E-state index in [4.69, 9.17) is 0 Å². The number of hydrazone groups is 1. The van der Waals surface area contributed by atoms with Gasteiger partial charge in [-0.2, -0.15) is 10.1 Å². The second-order valence-electron chi connectivity index (χ2n) is 4.82. The lowest BCUT2D eigenvalue weighted by Gasteiger charge is -1.96. The predicted octanol–water partition coefficient (Wildman–Crippen LogP) is 3.32. The first kappa shape index (κ1) is 12.9. The van der Waals surface area contributed by atoms with Crippen LogP contribution in [0.15, 0.2) is 41.5 Å². The molecule has 0 aliphatic carbocycles. The maximum Gasteiger partial charge on any atom is 0.265 e. The summed E-state index contributed by atoms with van der Waals surface area (Å²) in [6.45, 7) is 2.06. The normalized spacial score (nSPS) is 11.7. The van der Waals surface area contributed by atoms with E-state index >= 15 is 0 Å². The third-order valence-corrected chi connectivity index (χ3v) is 4.17. The van der Waals surface area contributed by atoms with Crippen molar-refractivity contribution in [3.63, 3.8) is 0 Å². The van der Waals surface area contributed by atoms with Crippen LogP contribution >= 0.6 is 11.3 Å². The van der Waals surface area contributed by atoms with Crippen molar-refractivity contribution in [3.05, 3.63) is 46.2 Å². The monoisotopic (exact) mass is 308 g/mol. The van der Waals surface area contributed by atoms with Crippen LogP contribution in [0, 0.1) is 6.92 Å². The lowest BCUT2D eigenvalue weighted by Crippen LogP contribution is -1.98. The van der Waals surface area contributed by atoms with E-state index in [1.807, 2.05) is 30.3 Å². The van der Waals surface area contributed by atoms with Crippen LogP contribution in [0.1, 0.15) is 9.75 Å². The number of thiophene rings is 1. The number of anilines is 1. The molecule has 0 spiro atoms. The van der Waals surface area contributed by atoms with Gasteiger partial charge in [0.25, 0.3) is 5.95 Å². The molecule has 1 aromatic carbocycles. The van der Waals surface area contributed by atoms with Gasteiger partial charge in [-0.15, -0.1) is 21.5 Å². The first-order valence-corrected chi connectivity index (χ1v) is 7.58. The number of para-hydroxylation sites is 1. The summed E-state index contributed by atoms with van der Waals surface area (Å²) in [5, 5.41) is 13.4. The van der Waals surface area contributed by atoms with E-state index in [1.54, 1.807) is 17.6 Å². The summed E-state index contributed by atoms with van der Waals surface area (Å²) < 4.78 is 0. The van der Waals surface area contributed by atoms with Gasteiger partial charge in [0.2, 0.25) is 0 Å². The number of fused-ring (bicyclic) bond motifs is 3. The number of hydrogen-bond donors (Lipinski definition) is 2. The fourth-order valence-electron chi connectivity index (χ4n) is 2.24. The number of nitrogens with one attached hydrogen (secondary N) is 2. The van der Waals surface area contributed by atoms with Crippen LogP contribution in [0.25, 0.3) is 22.1 Å². The van der Waals surface area contributed by atoms with Crippen molar-refractivity contribution < 1.29 is 0 Å². The SMILES string of the molecule is Cc1ccc(/C=N/Nc2nnc3c(n2)[nH]c2ccccc23)s1. The third-order valence-electron chi connectivity index (χ3n) is 3.24. The minimum Gasteiger partial charge on any atom is -0.338 e. The minimum absolute atomic E-state index is 0.364. The maximum atomic E-state index is 4.40. The summed E-state index contributed by atoms with van der Waals surface area (Å²) in [5.41, 5.74) is 5.26. The molecule has 7 heteroatoms. The molecule has 3 heterocycles. The number of H-pyrrole nitrogens is 1. The molecule has 2 N–H and O–H groups in total. The average molecular weight is 308 g/mol. The lowest BCUT2D eigenvalue weighted by molar-refractivity contribution is 1.01. The molecule has 0 amide bonds. The Hall–Kier alpha value is -2.80. The number of rotatable bonds is 3. The van der Waals surface area contributed by atoms with Gasteiger partial charge in [-0.25, -0.2) is 5.43 Å². The van der Waals surface area contributed by atoms with Gasteiger partial charge in [0, 0.05) is 20.7 Å². The Labute approximate surface area is 129 Å². The highest BCUT2D eigenvalue weighted by Crippen LogP contribution is 2.21. The van der Waals surface area contributed by atoms with Crippen LogP contribution in [-0.4, -0.2) is 26.4 Å². The zero-order chi connectivity index (χ0) is 14.9. The number of aromatic nitrogens is 4. The molecule has 0 saturated heterocycles. The molecule has 3 aromatic heterocycles. The Morgan fingerprint density at radius 1 is 1.18 bits per heavy atom. The highest BCUT2D eigenvalue weighted by atomic mass is 32.1. The van der Waals surface area contributed by atoms with Gasteiger partial charge < -0.3 is 4.98 Å². The molecule has 0 fully saturated rings. The topological polar surface area (TPSA) is 78.8 Å². The van der Waals surface area contributed by atoms with E-state index in [-0.39, 0.29) is 0 Å². The van der Waals surface area contributed by atoms with Crippen LogP contribution in [0.5, 0.6) is 0 Å². The van der Waals surface area contributed by atoms with E-state index in [9.17, 15) is 0 Å². The molecule has 0 aliphatic heterocycles. The quantitative estimate of drug-likeness (QED) is 0.449. The summed E-state index contributed by atoms with van der Waals surface area (Å²) in [5.74, 6) is 0.364. The third kappa shape index (κ3) is 2.31. The van der Waals surface area contributed by atoms with Gasteiger partial charge in [0.15, 0.2) is 5.65 Å². The van der Waals surface area contributed by atoms with E-state index in [0.29, 0.717) is 11.6 Å². The van der Waals surface area contributed by atoms with E-state index in [2.05, 4.69) is 43.7 Å². The van der Waals surface area contributed by atoms with Crippen LogP contribution < -0.4 is 5.43 Å². The van der Waals surface area contributed by atoms with Gasteiger partial charge in [0.1, 0.15) is 5.52 Å². The molecular weight excluding hydrogens is 296 g/mol. The number of benzene rings is 1. The van der Waals surface area contributed by atoms with Crippen molar-refractivity contribution in [1.29, 1.82) is 0 Å². The van der Waals surface area contributed by atoms with Crippen LogP contribution in [0.2, 0.25) is 0 Å². The highest BCUT2D eigenvalue weighted by Gasteiger charge is 2.07. The standard InChI is InChI=1S/C15H12N6S/c1-9-6-7-10(22-9)8-16-20-15-18-14-13(19-21-15)11-4-2-3-5-12(11)17-14/h2-8H,1H3,(H2,17,18,20,21)/b16-8+. The molecule has 0 aliphatic rings. The largest absolute Gasteiger partial charge is 0.338 e. The fraction of sp³-hybridized carbons (Fsp3) is 0.0667. The summed E-state index contributed by atoms with van der Waals surface area (Å²) in [6, 6.07) is 12.0. The zero-order valence-electron chi connectivity index (χ0n) is 11.7. The Kier molecular flexibility index (Phi) is 3.05. The Bertz CT molecular complexity index is 984. The lowest BCUT2D eigenvalue weighted by atomic mass is 10.2. The number of aromatic amines is 1. The molecule has 0 unspecified atom stereocenters. The van der Waals surface area contributed by atoms with Crippen molar-refractivity contribution in [2.24, 2.45) is 5.10 Å². The smallest absolute Gasteiger partial charge is 0.265 e. The molecule has 4 aromatic rings. The molecule has 108 valence electrons. The van der Waals surface area contributed by atoms with Gasteiger partial charge in [-0.05, 0) is 25.1 Å². The Morgan fingerprint density at radius 3 is 2.95 bits per heavy atom. The highest BCUT2D eigenvalue weighted by molar-refractivity contribution is 7.13. The molecule has 22 heavy (non-hydrogen) atoms. The first-order valence-electron chi connectivity index (χ1n) is 6.76. The molecule has 4 rings (SSSR count). The van der Waals surface area contributed by atoms with Gasteiger partial charge in [-0.3, -0.25) is 0 Å². The molecule has 6 nitrogen and oxygen atoms in total. The summed E-state index contributed by atoms with van der Waals surface area (Å²) >= 11 is 1.68. The van der Waals surface area contributed by atoms with Gasteiger partial charge in [0.05, 0.1) is 6.21 Å². The first-order chi connectivity index (χ1) is 10.8. The Balaban J connectivity index is 1.62. The van der Waals surface area contributed by atoms with Crippen molar-refractivity contribution in [2.75, 3.05) is 5.43 Å². The van der Waals surface area contributed by atoms with Crippen molar-refractivity contribution >= 4 is 45.6 Å². The minimum atomic E-state index is 0.364. The average Bonchev–Trinajstić information content (AvgIpc) is 3.10.